The predicted octanol–water partition coefficient (Wildman–Crippen LogP) is 3.19. The molecule has 0 atom stereocenters. The number of thiophene rings is 1. The summed E-state index contributed by atoms with van der Waals surface area (Å²) in [4.78, 5) is 39.3. The van der Waals surface area contributed by atoms with Crippen molar-refractivity contribution in [3.05, 3.63) is 40.5 Å². The van der Waals surface area contributed by atoms with E-state index in [1.807, 2.05) is 19.2 Å². The summed E-state index contributed by atoms with van der Waals surface area (Å²) < 4.78 is 12.7. The Morgan fingerprint density at radius 3 is 2.52 bits per heavy atom. The van der Waals surface area contributed by atoms with Crippen LogP contribution in [0, 0.1) is 0 Å². The monoisotopic (exact) mass is 434 g/mol. The number of carbonyl (C=O) groups is 1. The van der Waals surface area contributed by atoms with Crippen LogP contribution in [0.3, 0.4) is 0 Å². The maximum absolute atomic E-state index is 11.8. The third-order valence-electron chi connectivity index (χ3n) is 4.63. The first-order chi connectivity index (χ1) is 13.8. The minimum absolute atomic E-state index is 0.100. The number of amides is 1. The van der Waals surface area contributed by atoms with Crippen molar-refractivity contribution in [2.45, 2.75) is 40.2 Å². The Bertz CT molecular complexity index is 1110. The van der Waals surface area contributed by atoms with Gasteiger partial charge in [0.1, 0.15) is 17.7 Å². The average molecular weight is 434 g/mol. The number of carbonyl (C=O) groups excluding carboxylic acids is 1. The molecule has 0 saturated carbocycles. The second kappa shape index (κ2) is 8.59. The maximum Gasteiger partial charge on any atom is 0.356 e. The van der Waals surface area contributed by atoms with E-state index in [0.29, 0.717) is 42.0 Å². The molecule has 3 rings (SSSR count). The first-order valence-electron chi connectivity index (χ1n) is 9.19. The van der Waals surface area contributed by atoms with Crippen LogP contribution in [0.15, 0.2) is 23.8 Å². The highest BCUT2D eigenvalue weighted by Gasteiger charge is 2.23. The van der Waals surface area contributed by atoms with Crippen molar-refractivity contribution >= 4 is 51.9 Å². The van der Waals surface area contributed by atoms with Gasteiger partial charge in [-0.1, -0.05) is 19.9 Å². The Kier molecular flexibility index (Phi) is 6.33. The molecule has 8 nitrogen and oxygen atoms in total. The maximum atomic E-state index is 11.8. The van der Waals surface area contributed by atoms with E-state index in [9.17, 15) is 19.1 Å². The lowest BCUT2D eigenvalue weighted by Crippen LogP contribution is -2.16. The molecule has 0 spiro atoms. The van der Waals surface area contributed by atoms with Crippen LogP contribution in [-0.4, -0.2) is 25.7 Å². The quantitative estimate of drug-likeness (QED) is 0.421. The zero-order valence-corrected chi connectivity index (χ0v) is 18.1. The SMILES string of the molecule is CCc1c(CNc2ncnc3c(NC(C)=O)csc23)ccc(P(=O)(O)O)c1CC. The van der Waals surface area contributed by atoms with Crippen LogP contribution < -0.4 is 15.9 Å². The highest BCUT2D eigenvalue weighted by molar-refractivity contribution is 7.60. The number of fused-ring (bicyclic) bond motifs is 1. The van der Waals surface area contributed by atoms with Crippen molar-refractivity contribution in [2.75, 3.05) is 10.6 Å². The average Bonchev–Trinajstić information content (AvgIpc) is 3.07. The van der Waals surface area contributed by atoms with Crippen molar-refractivity contribution in [3.63, 3.8) is 0 Å². The van der Waals surface area contributed by atoms with Crippen molar-refractivity contribution in [1.29, 1.82) is 0 Å². The predicted molar refractivity (Wildman–Crippen MR) is 116 cm³/mol. The van der Waals surface area contributed by atoms with Crippen molar-refractivity contribution in [3.8, 4) is 0 Å². The fourth-order valence-electron chi connectivity index (χ4n) is 3.44. The lowest BCUT2D eigenvalue weighted by Gasteiger charge is -2.18. The molecule has 0 aliphatic carbocycles. The molecule has 0 aliphatic heterocycles. The van der Waals surface area contributed by atoms with Crippen LogP contribution in [0.1, 0.15) is 37.5 Å². The molecule has 3 aromatic rings. The molecular formula is C19H23N4O4PS. The molecule has 0 unspecified atom stereocenters. The summed E-state index contributed by atoms with van der Waals surface area (Å²) in [5.41, 5.74) is 3.93. The smallest absolute Gasteiger partial charge is 0.356 e. The number of aromatic nitrogens is 2. The van der Waals surface area contributed by atoms with E-state index in [1.54, 1.807) is 6.07 Å². The zero-order chi connectivity index (χ0) is 21.2. The van der Waals surface area contributed by atoms with Gasteiger partial charge in [-0.2, -0.15) is 0 Å². The molecular weight excluding hydrogens is 411 g/mol. The van der Waals surface area contributed by atoms with Crippen LogP contribution in [0.4, 0.5) is 11.5 Å². The fraction of sp³-hybridized carbons (Fsp3) is 0.316. The van der Waals surface area contributed by atoms with E-state index in [2.05, 4.69) is 20.6 Å². The van der Waals surface area contributed by atoms with Crippen LogP contribution >= 0.6 is 18.9 Å². The summed E-state index contributed by atoms with van der Waals surface area (Å²) in [7, 11) is -4.32. The largest absolute Gasteiger partial charge is 0.365 e. The molecule has 0 fully saturated rings. The van der Waals surface area contributed by atoms with Gasteiger partial charge in [-0.25, -0.2) is 9.97 Å². The van der Waals surface area contributed by atoms with Crippen LogP contribution in [-0.2, 0) is 28.7 Å². The molecule has 4 N–H and O–H groups in total. The molecule has 0 radical (unpaired) electrons. The zero-order valence-electron chi connectivity index (χ0n) is 16.4. The normalized spacial score (nSPS) is 11.6. The minimum atomic E-state index is -4.32. The van der Waals surface area contributed by atoms with Crippen molar-refractivity contribution < 1.29 is 19.1 Å². The van der Waals surface area contributed by atoms with Gasteiger partial charge in [-0.3, -0.25) is 9.36 Å². The third-order valence-corrected chi connectivity index (χ3v) is 6.66. The van der Waals surface area contributed by atoms with E-state index in [1.165, 1.54) is 30.7 Å². The molecule has 29 heavy (non-hydrogen) atoms. The number of benzene rings is 1. The van der Waals surface area contributed by atoms with Gasteiger partial charge < -0.3 is 20.4 Å². The second-order valence-corrected chi connectivity index (χ2v) is 8.99. The van der Waals surface area contributed by atoms with Crippen LogP contribution in [0.5, 0.6) is 0 Å². The summed E-state index contributed by atoms with van der Waals surface area (Å²) >= 11 is 1.44. The number of nitrogens with one attached hydrogen (secondary N) is 2. The summed E-state index contributed by atoms with van der Waals surface area (Å²) in [6.07, 6.45) is 2.65. The van der Waals surface area contributed by atoms with Gasteiger partial charge in [-0.05, 0) is 35.6 Å². The molecule has 154 valence electrons. The molecule has 0 aliphatic rings. The molecule has 1 amide bonds. The third kappa shape index (κ3) is 4.48. The van der Waals surface area contributed by atoms with E-state index in [-0.39, 0.29) is 11.2 Å². The summed E-state index contributed by atoms with van der Waals surface area (Å²) in [6.45, 7) is 5.77. The lowest BCUT2D eigenvalue weighted by atomic mass is 9.97. The first kappa shape index (κ1) is 21.4. The molecule has 1 aromatic carbocycles. The fourth-order valence-corrected chi connectivity index (χ4v) is 5.27. The van der Waals surface area contributed by atoms with E-state index >= 15 is 0 Å². The first-order valence-corrected chi connectivity index (χ1v) is 11.7. The van der Waals surface area contributed by atoms with Crippen molar-refractivity contribution in [1.82, 2.24) is 9.97 Å². The van der Waals surface area contributed by atoms with Gasteiger partial charge in [0.25, 0.3) is 0 Å². The molecule has 2 aromatic heterocycles. The topological polar surface area (TPSA) is 124 Å². The Balaban J connectivity index is 1.93. The van der Waals surface area contributed by atoms with Gasteiger partial charge in [0.05, 0.1) is 15.7 Å². The summed E-state index contributed by atoms with van der Waals surface area (Å²) in [5.74, 6) is 0.485. The minimum Gasteiger partial charge on any atom is -0.365 e. The molecule has 10 heteroatoms. The van der Waals surface area contributed by atoms with E-state index in [4.69, 9.17) is 0 Å². The van der Waals surface area contributed by atoms with Gasteiger partial charge in [0, 0.05) is 18.8 Å². The van der Waals surface area contributed by atoms with E-state index in [0.717, 1.165) is 15.8 Å². The number of nitrogens with zero attached hydrogens (tertiary/aromatic N) is 2. The number of hydrogen-bond donors (Lipinski definition) is 4. The number of anilines is 2. The van der Waals surface area contributed by atoms with Gasteiger partial charge in [0.15, 0.2) is 0 Å². The Morgan fingerprint density at radius 1 is 1.17 bits per heavy atom. The van der Waals surface area contributed by atoms with Crippen LogP contribution in [0.2, 0.25) is 0 Å². The van der Waals surface area contributed by atoms with Crippen LogP contribution in [0.25, 0.3) is 10.2 Å². The highest BCUT2D eigenvalue weighted by Crippen LogP contribution is 2.37. The van der Waals surface area contributed by atoms with Gasteiger partial charge >= 0.3 is 7.60 Å². The summed E-state index contributed by atoms with van der Waals surface area (Å²) in [6, 6.07) is 3.28. The van der Waals surface area contributed by atoms with Gasteiger partial charge in [0.2, 0.25) is 5.91 Å². The standard InChI is InChI=1S/C19H23N4O4PS/c1-4-13-12(6-7-16(14(13)5-2)28(25,26)27)8-20-19-18-17(21-10-22-19)15(9-29-18)23-11(3)24/h6-7,9-10H,4-5,8H2,1-3H3,(H,23,24)(H,20,21,22)(H2,25,26,27). The highest BCUT2D eigenvalue weighted by atomic mass is 32.1. The number of rotatable bonds is 7. The lowest BCUT2D eigenvalue weighted by molar-refractivity contribution is -0.114. The Labute approximate surface area is 172 Å². The molecule has 2 heterocycles. The molecule has 0 saturated heterocycles. The Morgan fingerprint density at radius 2 is 1.90 bits per heavy atom. The van der Waals surface area contributed by atoms with E-state index < -0.39 is 7.60 Å². The number of hydrogen-bond acceptors (Lipinski definition) is 6. The molecule has 0 bridgehead atoms. The van der Waals surface area contributed by atoms with Crippen molar-refractivity contribution in [2.24, 2.45) is 0 Å². The Hall–Kier alpha value is -2.32. The summed E-state index contributed by atoms with van der Waals surface area (Å²) in [5, 5.41) is 8.00. The second-order valence-electron chi connectivity index (χ2n) is 6.54. The van der Waals surface area contributed by atoms with Gasteiger partial charge in [-0.15, -0.1) is 11.3 Å².